The molecule has 1 aromatic heterocycles. The van der Waals surface area contributed by atoms with Gasteiger partial charge in [-0.05, 0) is 23.4 Å². The van der Waals surface area contributed by atoms with Gasteiger partial charge in [0, 0.05) is 17.6 Å². The van der Waals surface area contributed by atoms with E-state index >= 15 is 0 Å². The number of rotatable bonds is 1. The summed E-state index contributed by atoms with van der Waals surface area (Å²) in [6, 6.07) is 4.51. The average Bonchev–Trinajstić information content (AvgIpc) is 2.18. The molecule has 0 unspecified atom stereocenters. The smallest absolute Gasteiger partial charge is 0.248 e. The highest BCUT2D eigenvalue weighted by Crippen LogP contribution is 2.19. The molecule has 0 saturated heterocycles. The fourth-order valence-electron chi connectivity index (χ4n) is 1.64. The zero-order chi connectivity index (χ0) is 10.1. The quantitative estimate of drug-likeness (QED) is 0.736. The van der Waals surface area contributed by atoms with Crippen LogP contribution in [0.4, 0.5) is 4.39 Å². The lowest BCUT2D eigenvalue weighted by atomic mass is 10.0. The second-order valence-corrected chi connectivity index (χ2v) is 3.18. The van der Waals surface area contributed by atoms with Crippen molar-refractivity contribution in [3.05, 3.63) is 46.1 Å². The molecule has 72 valence electrons. The first-order valence-electron chi connectivity index (χ1n) is 4.52. The molecule has 0 radical (unpaired) electrons. The van der Waals surface area contributed by atoms with Crippen LogP contribution in [0.15, 0.2) is 29.2 Å². The molecule has 14 heavy (non-hydrogen) atoms. The van der Waals surface area contributed by atoms with E-state index in [0.29, 0.717) is 12.0 Å². The van der Waals surface area contributed by atoms with Crippen molar-refractivity contribution in [2.24, 2.45) is 0 Å². The minimum Gasteiger partial charge on any atom is -0.328 e. The SMILES string of the molecule is CCc1c(F)ccc2cc(=O)[nH]cc12. The van der Waals surface area contributed by atoms with Crippen LogP contribution in [0.2, 0.25) is 0 Å². The standard InChI is InChI=1S/C11H10FNO/c1-2-8-9-6-13-11(14)5-7(9)3-4-10(8)12/h3-6H,2H2,1H3,(H,13,14). The molecule has 0 bridgehead atoms. The van der Waals surface area contributed by atoms with E-state index < -0.39 is 0 Å². The van der Waals surface area contributed by atoms with Crippen molar-refractivity contribution in [1.82, 2.24) is 4.98 Å². The maximum Gasteiger partial charge on any atom is 0.248 e. The van der Waals surface area contributed by atoms with E-state index in [9.17, 15) is 9.18 Å². The number of halogens is 1. The Morgan fingerprint density at radius 3 is 2.93 bits per heavy atom. The highest BCUT2D eigenvalue weighted by molar-refractivity contribution is 5.84. The topological polar surface area (TPSA) is 32.9 Å². The van der Waals surface area contributed by atoms with Gasteiger partial charge in [0.1, 0.15) is 5.82 Å². The zero-order valence-corrected chi connectivity index (χ0v) is 7.80. The summed E-state index contributed by atoms with van der Waals surface area (Å²) in [5, 5.41) is 1.57. The van der Waals surface area contributed by atoms with E-state index in [1.54, 1.807) is 12.3 Å². The lowest BCUT2D eigenvalue weighted by Crippen LogP contribution is -2.03. The van der Waals surface area contributed by atoms with Crippen molar-refractivity contribution < 1.29 is 4.39 Å². The van der Waals surface area contributed by atoms with Crippen LogP contribution in [0.5, 0.6) is 0 Å². The van der Waals surface area contributed by atoms with Gasteiger partial charge in [-0.25, -0.2) is 4.39 Å². The lowest BCUT2D eigenvalue weighted by Gasteiger charge is -2.04. The third-order valence-electron chi connectivity index (χ3n) is 2.33. The van der Waals surface area contributed by atoms with Gasteiger partial charge in [-0.1, -0.05) is 13.0 Å². The van der Waals surface area contributed by atoms with Gasteiger partial charge < -0.3 is 4.98 Å². The van der Waals surface area contributed by atoms with Gasteiger partial charge >= 0.3 is 0 Å². The molecule has 2 aromatic rings. The summed E-state index contributed by atoms with van der Waals surface area (Å²) in [5.41, 5.74) is 0.491. The Morgan fingerprint density at radius 1 is 1.43 bits per heavy atom. The molecule has 1 heterocycles. The number of pyridine rings is 1. The van der Waals surface area contributed by atoms with E-state index in [0.717, 1.165) is 10.8 Å². The van der Waals surface area contributed by atoms with E-state index in [4.69, 9.17) is 0 Å². The lowest BCUT2D eigenvalue weighted by molar-refractivity contribution is 0.615. The fraction of sp³-hybridized carbons (Fsp3) is 0.182. The van der Waals surface area contributed by atoms with Crippen molar-refractivity contribution in [3.8, 4) is 0 Å². The highest BCUT2D eigenvalue weighted by atomic mass is 19.1. The van der Waals surface area contributed by atoms with Crippen molar-refractivity contribution in [2.45, 2.75) is 13.3 Å². The number of hydrogen-bond acceptors (Lipinski definition) is 1. The second-order valence-electron chi connectivity index (χ2n) is 3.18. The van der Waals surface area contributed by atoms with Crippen molar-refractivity contribution in [3.63, 3.8) is 0 Å². The van der Waals surface area contributed by atoms with Crippen molar-refractivity contribution in [2.75, 3.05) is 0 Å². The van der Waals surface area contributed by atoms with Gasteiger partial charge in [-0.3, -0.25) is 4.79 Å². The Labute approximate surface area is 80.4 Å². The van der Waals surface area contributed by atoms with E-state index in [-0.39, 0.29) is 11.4 Å². The first-order valence-corrected chi connectivity index (χ1v) is 4.52. The van der Waals surface area contributed by atoms with E-state index in [1.807, 2.05) is 6.92 Å². The van der Waals surface area contributed by atoms with Gasteiger partial charge in [0.05, 0.1) is 0 Å². The molecule has 0 aliphatic rings. The predicted octanol–water partition coefficient (Wildman–Crippen LogP) is 2.23. The van der Waals surface area contributed by atoms with Gasteiger partial charge in [-0.15, -0.1) is 0 Å². The summed E-state index contributed by atoms with van der Waals surface area (Å²) in [6.45, 7) is 1.89. The molecule has 0 saturated carbocycles. The number of aromatic nitrogens is 1. The van der Waals surface area contributed by atoms with Crippen LogP contribution >= 0.6 is 0 Å². The van der Waals surface area contributed by atoms with Gasteiger partial charge in [-0.2, -0.15) is 0 Å². The zero-order valence-electron chi connectivity index (χ0n) is 7.80. The third-order valence-corrected chi connectivity index (χ3v) is 2.33. The molecule has 1 aromatic carbocycles. The fourth-order valence-corrected chi connectivity index (χ4v) is 1.64. The number of nitrogens with one attached hydrogen (secondary N) is 1. The Bertz CT molecular complexity index is 530. The molecule has 2 nitrogen and oxygen atoms in total. The summed E-state index contributed by atoms with van der Waals surface area (Å²) in [5.74, 6) is -0.216. The summed E-state index contributed by atoms with van der Waals surface area (Å²) < 4.78 is 13.3. The highest BCUT2D eigenvalue weighted by Gasteiger charge is 2.05. The van der Waals surface area contributed by atoms with Gasteiger partial charge in [0.15, 0.2) is 0 Å². The molecule has 0 fully saturated rings. The number of aryl methyl sites for hydroxylation is 1. The Morgan fingerprint density at radius 2 is 2.21 bits per heavy atom. The molecule has 3 heteroatoms. The molecule has 2 rings (SSSR count). The van der Waals surface area contributed by atoms with Crippen molar-refractivity contribution >= 4 is 10.8 Å². The van der Waals surface area contributed by atoms with Crippen LogP contribution in [0, 0.1) is 5.82 Å². The van der Waals surface area contributed by atoms with Crippen molar-refractivity contribution in [1.29, 1.82) is 0 Å². The number of aromatic amines is 1. The predicted molar refractivity (Wildman–Crippen MR) is 53.9 cm³/mol. The minimum atomic E-state index is -0.216. The Balaban J connectivity index is 2.88. The molecular formula is C11H10FNO. The van der Waals surface area contributed by atoms with Crippen LogP contribution < -0.4 is 5.56 Å². The molecule has 0 spiro atoms. The summed E-state index contributed by atoms with van der Waals surface area (Å²) in [6.07, 6.45) is 2.19. The number of hydrogen-bond donors (Lipinski definition) is 1. The molecule has 0 amide bonds. The monoisotopic (exact) mass is 191 g/mol. The second kappa shape index (κ2) is 3.25. The summed E-state index contributed by atoms with van der Waals surface area (Å²) in [7, 11) is 0. The maximum atomic E-state index is 13.3. The first-order chi connectivity index (χ1) is 6.72. The summed E-state index contributed by atoms with van der Waals surface area (Å²) in [4.78, 5) is 13.6. The van der Waals surface area contributed by atoms with Gasteiger partial charge in [0.2, 0.25) is 5.56 Å². The molecular weight excluding hydrogens is 181 g/mol. The van der Waals surface area contributed by atoms with E-state index in [2.05, 4.69) is 4.98 Å². The Kier molecular flexibility index (Phi) is 2.08. The van der Waals surface area contributed by atoms with Crippen LogP contribution in [-0.4, -0.2) is 4.98 Å². The Hall–Kier alpha value is -1.64. The number of benzene rings is 1. The molecule has 0 atom stereocenters. The number of H-pyrrole nitrogens is 1. The third kappa shape index (κ3) is 1.31. The van der Waals surface area contributed by atoms with E-state index in [1.165, 1.54) is 12.1 Å². The molecule has 0 aliphatic heterocycles. The van der Waals surface area contributed by atoms with Gasteiger partial charge in [0.25, 0.3) is 0 Å². The van der Waals surface area contributed by atoms with Crippen LogP contribution in [-0.2, 0) is 6.42 Å². The van der Waals surface area contributed by atoms with Crippen LogP contribution in [0.25, 0.3) is 10.8 Å². The average molecular weight is 191 g/mol. The maximum absolute atomic E-state index is 13.3. The molecule has 0 aliphatic carbocycles. The van der Waals surface area contributed by atoms with Crippen LogP contribution in [0.3, 0.4) is 0 Å². The summed E-state index contributed by atoms with van der Waals surface area (Å²) >= 11 is 0. The normalized spacial score (nSPS) is 10.7. The first kappa shape index (κ1) is 8.94. The number of fused-ring (bicyclic) bond motifs is 1. The van der Waals surface area contributed by atoms with Crippen LogP contribution in [0.1, 0.15) is 12.5 Å². The minimum absolute atomic E-state index is 0.161. The molecule has 1 N–H and O–H groups in total. The largest absolute Gasteiger partial charge is 0.328 e.